The fourth-order valence-electron chi connectivity index (χ4n) is 2.48. The summed E-state index contributed by atoms with van der Waals surface area (Å²) in [4.78, 5) is 35.0. The maximum atomic E-state index is 12.5. The van der Waals surface area contributed by atoms with Gasteiger partial charge < -0.3 is 9.84 Å². The zero-order valence-electron chi connectivity index (χ0n) is 12.1. The summed E-state index contributed by atoms with van der Waals surface area (Å²) in [6.07, 6.45) is 1.92. The molecular formula is C13H22N2O5. The van der Waals surface area contributed by atoms with Gasteiger partial charge in [-0.05, 0) is 26.7 Å². The largest absolute Gasteiger partial charge is 0.481 e. The smallest absolute Gasteiger partial charge is 0.425 e. The molecule has 0 saturated heterocycles. The van der Waals surface area contributed by atoms with Crippen LogP contribution < -0.4 is 5.43 Å². The SMILES string of the molecule is COC(=O)NN(C(=O)C1CCCCC1C(=O)O)C(C)C. The molecule has 0 heterocycles. The van der Waals surface area contributed by atoms with Gasteiger partial charge in [-0.3, -0.25) is 9.59 Å². The molecule has 0 aromatic heterocycles. The number of methoxy groups -OCH3 is 1. The van der Waals surface area contributed by atoms with E-state index in [9.17, 15) is 19.5 Å². The van der Waals surface area contributed by atoms with Crippen LogP contribution in [-0.2, 0) is 14.3 Å². The van der Waals surface area contributed by atoms with E-state index in [1.54, 1.807) is 13.8 Å². The third-order valence-corrected chi connectivity index (χ3v) is 3.55. The first-order valence-electron chi connectivity index (χ1n) is 6.79. The summed E-state index contributed by atoms with van der Waals surface area (Å²) in [5.41, 5.74) is 2.35. The van der Waals surface area contributed by atoms with Gasteiger partial charge in [-0.1, -0.05) is 12.8 Å². The van der Waals surface area contributed by atoms with Gasteiger partial charge in [-0.2, -0.15) is 0 Å². The van der Waals surface area contributed by atoms with E-state index >= 15 is 0 Å². The second kappa shape index (κ2) is 7.12. The summed E-state index contributed by atoms with van der Waals surface area (Å²) in [6, 6.07) is -0.280. The molecule has 2 N–H and O–H groups in total. The third-order valence-electron chi connectivity index (χ3n) is 3.55. The topological polar surface area (TPSA) is 95.9 Å². The summed E-state index contributed by atoms with van der Waals surface area (Å²) in [6.45, 7) is 3.49. The van der Waals surface area contributed by atoms with E-state index in [1.807, 2.05) is 0 Å². The van der Waals surface area contributed by atoms with Gasteiger partial charge in [0.1, 0.15) is 0 Å². The summed E-state index contributed by atoms with van der Waals surface area (Å²) < 4.78 is 4.48. The average Bonchev–Trinajstić information content (AvgIpc) is 2.43. The number of carboxylic acids is 1. The van der Waals surface area contributed by atoms with Crippen LogP contribution in [0.4, 0.5) is 4.79 Å². The fourth-order valence-corrected chi connectivity index (χ4v) is 2.48. The predicted molar refractivity (Wildman–Crippen MR) is 70.6 cm³/mol. The molecule has 0 aromatic carbocycles. The van der Waals surface area contributed by atoms with Crippen molar-refractivity contribution in [3.63, 3.8) is 0 Å². The Morgan fingerprint density at radius 3 is 2.20 bits per heavy atom. The maximum absolute atomic E-state index is 12.5. The molecule has 1 fully saturated rings. The van der Waals surface area contributed by atoms with Gasteiger partial charge >= 0.3 is 12.1 Å². The van der Waals surface area contributed by atoms with Crippen molar-refractivity contribution in [1.29, 1.82) is 0 Å². The lowest BCUT2D eigenvalue weighted by Gasteiger charge is -2.34. The van der Waals surface area contributed by atoms with Crippen LogP contribution in [0.25, 0.3) is 0 Å². The molecule has 7 heteroatoms. The van der Waals surface area contributed by atoms with E-state index in [2.05, 4.69) is 10.2 Å². The first kappa shape index (κ1) is 16.3. The van der Waals surface area contributed by atoms with Crippen LogP contribution in [0.1, 0.15) is 39.5 Å². The van der Waals surface area contributed by atoms with Gasteiger partial charge in [0.2, 0.25) is 5.91 Å². The number of carboxylic acid groups (broad SMARTS) is 1. The van der Waals surface area contributed by atoms with Crippen LogP contribution in [0.5, 0.6) is 0 Å². The lowest BCUT2D eigenvalue weighted by molar-refractivity contribution is -0.154. The molecule has 1 aliphatic rings. The van der Waals surface area contributed by atoms with Gasteiger partial charge in [0.25, 0.3) is 0 Å². The Hall–Kier alpha value is -1.79. The fraction of sp³-hybridized carbons (Fsp3) is 0.769. The predicted octanol–water partition coefficient (Wildman–Crippen LogP) is 1.39. The van der Waals surface area contributed by atoms with Crippen LogP contribution >= 0.6 is 0 Å². The first-order valence-corrected chi connectivity index (χ1v) is 6.79. The van der Waals surface area contributed by atoms with Crippen molar-refractivity contribution in [1.82, 2.24) is 10.4 Å². The number of ether oxygens (including phenoxy) is 1. The van der Waals surface area contributed by atoms with Gasteiger partial charge in [0, 0.05) is 6.04 Å². The molecule has 20 heavy (non-hydrogen) atoms. The van der Waals surface area contributed by atoms with Crippen LogP contribution in [0.2, 0.25) is 0 Å². The second-order valence-corrected chi connectivity index (χ2v) is 5.24. The number of nitrogens with zero attached hydrogens (tertiary/aromatic N) is 1. The van der Waals surface area contributed by atoms with Crippen molar-refractivity contribution in [2.75, 3.05) is 7.11 Å². The number of hydrogen-bond donors (Lipinski definition) is 2. The zero-order chi connectivity index (χ0) is 15.3. The summed E-state index contributed by atoms with van der Waals surface area (Å²) >= 11 is 0. The molecule has 0 aromatic rings. The van der Waals surface area contributed by atoms with E-state index in [1.165, 1.54) is 7.11 Å². The monoisotopic (exact) mass is 286 g/mol. The molecule has 2 amide bonds. The van der Waals surface area contributed by atoms with E-state index in [-0.39, 0.29) is 11.9 Å². The minimum absolute atomic E-state index is 0.280. The van der Waals surface area contributed by atoms with Crippen molar-refractivity contribution in [3.8, 4) is 0 Å². The summed E-state index contributed by atoms with van der Waals surface area (Å²) in [5, 5.41) is 10.4. The van der Waals surface area contributed by atoms with Gasteiger partial charge in [0.05, 0.1) is 18.9 Å². The Morgan fingerprint density at radius 1 is 1.20 bits per heavy atom. The number of nitrogens with one attached hydrogen (secondary N) is 1. The molecule has 2 unspecified atom stereocenters. The summed E-state index contributed by atoms with van der Waals surface area (Å²) in [7, 11) is 1.21. The molecule has 1 aliphatic carbocycles. The van der Waals surface area contributed by atoms with E-state index < -0.39 is 23.9 Å². The molecule has 2 atom stereocenters. The number of hydrogen-bond acceptors (Lipinski definition) is 4. The van der Waals surface area contributed by atoms with Gasteiger partial charge in [0.15, 0.2) is 0 Å². The maximum Gasteiger partial charge on any atom is 0.425 e. The first-order chi connectivity index (χ1) is 9.38. The minimum Gasteiger partial charge on any atom is -0.481 e. The van der Waals surface area contributed by atoms with Gasteiger partial charge in [-0.15, -0.1) is 0 Å². The lowest BCUT2D eigenvalue weighted by Crippen LogP contribution is -2.54. The van der Waals surface area contributed by atoms with Crippen molar-refractivity contribution >= 4 is 18.0 Å². The van der Waals surface area contributed by atoms with Crippen LogP contribution in [0, 0.1) is 11.8 Å². The molecular weight excluding hydrogens is 264 g/mol. The standard InChI is InChI=1S/C13H22N2O5/c1-8(2)15(14-13(19)20-3)11(16)9-6-4-5-7-10(9)12(17)18/h8-10H,4-7H2,1-3H3,(H,14,19)(H,17,18). The van der Waals surface area contributed by atoms with E-state index in [0.717, 1.165) is 17.9 Å². The number of carbonyl (C=O) groups excluding carboxylic acids is 2. The molecule has 1 saturated carbocycles. The molecule has 7 nitrogen and oxygen atoms in total. The minimum atomic E-state index is -0.954. The number of amides is 2. The molecule has 114 valence electrons. The van der Waals surface area contributed by atoms with Crippen LogP contribution in [0.3, 0.4) is 0 Å². The highest BCUT2D eigenvalue weighted by Crippen LogP contribution is 2.31. The van der Waals surface area contributed by atoms with E-state index in [4.69, 9.17) is 0 Å². The molecule has 0 aliphatic heterocycles. The second-order valence-electron chi connectivity index (χ2n) is 5.24. The summed E-state index contributed by atoms with van der Waals surface area (Å²) in [5.74, 6) is -2.60. The Bertz CT molecular complexity index is 383. The average molecular weight is 286 g/mol. The van der Waals surface area contributed by atoms with Crippen LogP contribution in [0.15, 0.2) is 0 Å². The van der Waals surface area contributed by atoms with Crippen molar-refractivity contribution < 1.29 is 24.2 Å². The van der Waals surface area contributed by atoms with Crippen LogP contribution in [-0.4, -0.2) is 41.2 Å². The Morgan fingerprint density at radius 2 is 1.75 bits per heavy atom. The highest BCUT2D eigenvalue weighted by Gasteiger charge is 2.39. The molecule has 0 radical (unpaired) electrons. The number of aliphatic carboxylic acids is 1. The van der Waals surface area contributed by atoms with Crippen molar-refractivity contribution in [3.05, 3.63) is 0 Å². The Labute approximate surface area is 118 Å². The number of carbonyl (C=O) groups is 3. The lowest BCUT2D eigenvalue weighted by atomic mass is 9.78. The highest BCUT2D eigenvalue weighted by atomic mass is 16.5. The quantitative estimate of drug-likeness (QED) is 0.764. The van der Waals surface area contributed by atoms with Crippen molar-refractivity contribution in [2.45, 2.75) is 45.6 Å². The Kier molecular flexibility index (Phi) is 5.79. The highest BCUT2D eigenvalue weighted by molar-refractivity contribution is 5.86. The van der Waals surface area contributed by atoms with Crippen molar-refractivity contribution in [2.24, 2.45) is 11.8 Å². The Balaban J connectivity index is 2.86. The number of rotatable bonds is 3. The van der Waals surface area contributed by atoms with Gasteiger partial charge in [-0.25, -0.2) is 15.2 Å². The molecule has 1 rings (SSSR count). The zero-order valence-corrected chi connectivity index (χ0v) is 12.1. The molecule has 0 bridgehead atoms. The van der Waals surface area contributed by atoms with E-state index in [0.29, 0.717) is 12.8 Å². The number of hydrazine groups is 1. The third kappa shape index (κ3) is 3.85. The normalized spacial score (nSPS) is 22.2. The molecule has 0 spiro atoms.